The Morgan fingerprint density at radius 2 is 2.38 bits per heavy atom. The van der Waals surface area contributed by atoms with Gasteiger partial charge in [-0.3, -0.25) is 4.79 Å². The zero-order chi connectivity index (χ0) is 6.57. The summed E-state index contributed by atoms with van der Waals surface area (Å²) in [4.78, 5) is 20.3. The second-order valence-electron chi connectivity index (χ2n) is 1.51. The minimum absolute atomic E-state index is 0.0862. The van der Waals surface area contributed by atoms with Crippen molar-refractivity contribution in [1.29, 1.82) is 0 Å². The van der Waals surface area contributed by atoms with Crippen molar-refractivity contribution in [3.63, 3.8) is 0 Å². The minimum Gasteiger partial charge on any atom is -0.303 e. The van der Waals surface area contributed by atoms with E-state index in [1.165, 1.54) is 6.92 Å². The fourth-order valence-corrected chi connectivity index (χ4v) is 0.849. The molecule has 0 aliphatic heterocycles. The summed E-state index contributed by atoms with van der Waals surface area (Å²) in [5.74, 6) is -0.535. The van der Waals surface area contributed by atoms with Crippen LogP contribution in [0.2, 0.25) is 0 Å². The van der Waals surface area contributed by atoms with Crippen molar-refractivity contribution in [3.05, 3.63) is 0 Å². The van der Waals surface area contributed by atoms with Crippen molar-refractivity contribution in [3.8, 4) is 0 Å². The maximum Gasteiger partial charge on any atom is 0.140 e. The van der Waals surface area contributed by atoms with E-state index in [0.29, 0.717) is 11.6 Å². The highest BCUT2D eigenvalue weighted by Gasteiger charge is 2.08. The predicted molar refractivity (Wildman–Crippen MR) is 34.0 cm³/mol. The molecule has 0 spiro atoms. The van der Waals surface area contributed by atoms with Crippen LogP contribution in [0.25, 0.3) is 0 Å². The van der Waals surface area contributed by atoms with Crippen LogP contribution in [0.1, 0.15) is 6.92 Å². The van der Waals surface area contributed by atoms with Gasteiger partial charge in [0.1, 0.15) is 12.1 Å². The van der Waals surface area contributed by atoms with Gasteiger partial charge in [-0.2, -0.15) is 0 Å². The topological polar surface area (TPSA) is 34.1 Å². The molecule has 0 amide bonds. The molecule has 0 bridgehead atoms. The molecule has 0 saturated carbocycles. The molecule has 0 fully saturated rings. The van der Waals surface area contributed by atoms with Crippen molar-refractivity contribution < 1.29 is 9.59 Å². The Labute approximate surface area is 56.4 Å². The highest BCUT2D eigenvalue weighted by Crippen LogP contribution is 1.97. The molecule has 0 radical (unpaired) electrons. The summed E-state index contributed by atoms with van der Waals surface area (Å²) in [7, 11) is 0. The minimum atomic E-state index is -0.449. The van der Waals surface area contributed by atoms with Crippen LogP contribution in [0.3, 0.4) is 0 Å². The van der Waals surface area contributed by atoms with Gasteiger partial charge in [0.25, 0.3) is 0 Å². The average molecular weight is 179 g/mol. The molecular weight excluding hydrogens is 172 g/mol. The van der Waals surface area contributed by atoms with E-state index in [0.717, 1.165) is 0 Å². The molecule has 2 nitrogen and oxygen atoms in total. The van der Waals surface area contributed by atoms with E-state index in [1.807, 2.05) is 0 Å². The van der Waals surface area contributed by atoms with Crippen molar-refractivity contribution in [2.24, 2.45) is 5.92 Å². The number of Topliss-reactive ketones (excluding diaryl/α,β-unsaturated/α-hetero) is 1. The van der Waals surface area contributed by atoms with Crippen LogP contribution >= 0.6 is 15.9 Å². The highest BCUT2D eigenvalue weighted by molar-refractivity contribution is 9.09. The first-order chi connectivity index (χ1) is 3.72. The number of rotatable bonds is 3. The first-order valence-electron chi connectivity index (χ1n) is 2.24. The summed E-state index contributed by atoms with van der Waals surface area (Å²) in [6, 6.07) is 0. The monoisotopic (exact) mass is 178 g/mol. The quantitative estimate of drug-likeness (QED) is 0.364. The van der Waals surface area contributed by atoms with Gasteiger partial charge in [0.2, 0.25) is 0 Å². The molecule has 0 aromatic carbocycles. The molecule has 0 aromatic heterocycles. The third-order valence-electron chi connectivity index (χ3n) is 0.853. The van der Waals surface area contributed by atoms with Gasteiger partial charge < -0.3 is 4.79 Å². The summed E-state index contributed by atoms with van der Waals surface area (Å²) in [6.07, 6.45) is 0.650. The predicted octanol–water partition coefficient (Wildman–Crippen LogP) is 0.785. The number of carbonyl (C=O) groups excluding carboxylic acids is 2. The lowest BCUT2D eigenvalue weighted by Crippen LogP contribution is -2.12. The Balaban J connectivity index is 3.69. The van der Waals surface area contributed by atoms with Crippen molar-refractivity contribution in [2.75, 3.05) is 5.33 Å². The molecular formula is C5H7BrO2. The molecule has 0 aliphatic carbocycles. The smallest absolute Gasteiger partial charge is 0.140 e. The lowest BCUT2D eigenvalue weighted by Gasteiger charge is -1.95. The van der Waals surface area contributed by atoms with Gasteiger partial charge in [0.15, 0.2) is 0 Å². The van der Waals surface area contributed by atoms with Crippen LogP contribution in [0.15, 0.2) is 0 Å². The van der Waals surface area contributed by atoms with Crippen molar-refractivity contribution >= 4 is 28.0 Å². The standard InChI is InChI=1S/C5H7BrO2/c1-4(8)5(2-6)3-7/h3,5H,2H2,1H3. The maximum atomic E-state index is 10.3. The molecule has 0 saturated heterocycles. The Morgan fingerprint density at radius 1 is 1.88 bits per heavy atom. The largest absolute Gasteiger partial charge is 0.303 e. The summed E-state index contributed by atoms with van der Waals surface area (Å²) in [5, 5.41) is 0.436. The summed E-state index contributed by atoms with van der Waals surface area (Å²) in [5.41, 5.74) is 0. The van der Waals surface area contributed by atoms with Gasteiger partial charge in [-0.1, -0.05) is 15.9 Å². The first kappa shape index (κ1) is 7.82. The zero-order valence-electron chi connectivity index (χ0n) is 4.56. The van der Waals surface area contributed by atoms with Gasteiger partial charge >= 0.3 is 0 Å². The molecule has 0 aliphatic rings. The van der Waals surface area contributed by atoms with Gasteiger partial charge in [0.05, 0.1) is 5.92 Å². The van der Waals surface area contributed by atoms with Gasteiger partial charge in [-0.25, -0.2) is 0 Å². The van der Waals surface area contributed by atoms with Crippen LogP contribution in [0.4, 0.5) is 0 Å². The van der Waals surface area contributed by atoms with Crippen LogP contribution in [-0.4, -0.2) is 17.4 Å². The van der Waals surface area contributed by atoms with Crippen molar-refractivity contribution in [2.45, 2.75) is 6.92 Å². The van der Waals surface area contributed by atoms with Gasteiger partial charge in [0, 0.05) is 5.33 Å². The van der Waals surface area contributed by atoms with E-state index in [4.69, 9.17) is 0 Å². The summed E-state index contributed by atoms with van der Waals surface area (Å²) >= 11 is 3.02. The molecule has 1 atom stereocenters. The second kappa shape index (κ2) is 3.78. The average Bonchev–Trinajstić information content (AvgIpc) is 1.69. The molecule has 0 aromatic rings. The molecule has 0 N–H and O–H groups in total. The molecule has 1 unspecified atom stereocenters. The Morgan fingerprint density at radius 3 is 2.38 bits per heavy atom. The van der Waals surface area contributed by atoms with Gasteiger partial charge in [-0.15, -0.1) is 0 Å². The van der Waals surface area contributed by atoms with E-state index in [9.17, 15) is 9.59 Å². The van der Waals surface area contributed by atoms with Crippen LogP contribution in [0, 0.1) is 5.92 Å². The summed E-state index contributed by atoms with van der Waals surface area (Å²) < 4.78 is 0. The van der Waals surface area contributed by atoms with E-state index in [1.54, 1.807) is 0 Å². The second-order valence-corrected chi connectivity index (χ2v) is 2.16. The van der Waals surface area contributed by atoms with E-state index in [2.05, 4.69) is 15.9 Å². The Kier molecular flexibility index (Phi) is 3.69. The third kappa shape index (κ3) is 2.21. The van der Waals surface area contributed by atoms with Gasteiger partial charge in [-0.05, 0) is 6.92 Å². The molecule has 0 heterocycles. The number of hydrogen-bond acceptors (Lipinski definition) is 2. The number of carbonyl (C=O) groups is 2. The Bertz CT molecular complexity index is 101. The van der Waals surface area contributed by atoms with E-state index in [-0.39, 0.29) is 5.78 Å². The number of alkyl halides is 1. The molecule has 0 rings (SSSR count). The maximum absolute atomic E-state index is 10.3. The first-order valence-corrected chi connectivity index (χ1v) is 3.36. The zero-order valence-corrected chi connectivity index (χ0v) is 6.14. The molecule has 8 heavy (non-hydrogen) atoms. The van der Waals surface area contributed by atoms with E-state index < -0.39 is 5.92 Å². The third-order valence-corrected chi connectivity index (χ3v) is 1.55. The number of halogens is 1. The highest BCUT2D eigenvalue weighted by atomic mass is 79.9. The van der Waals surface area contributed by atoms with Crippen molar-refractivity contribution in [1.82, 2.24) is 0 Å². The van der Waals surface area contributed by atoms with Crippen LogP contribution in [-0.2, 0) is 9.59 Å². The van der Waals surface area contributed by atoms with Crippen LogP contribution < -0.4 is 0 Å². The number of aldehydes is 1. The lowest BCUT2D eigenvalue weighted by molar-refractivity contribution is -0.124. The van der Waals surface area contributed by atoms with Crippen LogP contribution in [0.5, 0.6) is 0 Å². The fourth-order valence-electron chi connectivity index (χ4n) is 0.241. The Hall–Kier alpha value is -0.180. The molecule has 46 valence electrons. The normalized spacial score (nSPS) is 12.8. The number of ketones is 1. The van der Waals surface area contributed by atoms with E-state index >= 15 is 0 Å². The summed E-state index contributed by atoms with van der Waals surface area (Å²) in [6.45, 7) is 1.40. The number of hydrogen-bond donors (Lipinski definition) is 0. The lowest BCUT2D eigenvalue weighted by atomic mass is 10.1. The SMILES string of the molecule is CC(=O)C(C=O)CBr. The molecule has 3 heteroatoms. The fraction of sp³-hybridized carbons (Fsp3) is 0.600.